The van der Waals surface area contributed by atoms with E-state index in [1.807, 2.05) is 0 Å². The predicted octanol–water partition coefficient (Wildman–Crippen LogP) is 2.62. The molecule has 0 aliphatic carbocycles. The molecule has 2 nitrogen and oxygen atoms in total. The third-order valence-electron chi connectivity index (χ3n) is 1.11. The van der Waals surface area contributed by atoms with E-state index in [4.69, 9.17) is 28.9 Å². The molecular weight excluding hydrogens is 240 g/mol. The van der Waals surface area contributed by atoms with Crippen molar-refractivity contribution >= 4 is 52.7 Å². The molecule has 2 N–H and O–H groups in total. The molecule has 0 amide bonds. The largest absolute Gasteiger partial charge is 0.324 e. The van der Waals surface area contributed by atoms with Crippen molar-refractivity contribution in [3.05, 3.63) is 20.3 Å². The van der Waals surface area contributed by atoms with Gasteiger partial charge >= 0.3 is 0 Å². The number of Topliss-reactive ketones (excluding diaryl/α,β-unsaturated/α-hetero) is 1. The van der Waals surface area contributed by atoms with Crippen LogP contribution in [0.2, 0.25) is 9.36 Å². The van der Waals surface area contributed by atoms with Gasteiger partial charge < -0.3 is 5.73 Å². The maximum absolute atomic E-state index is 10.9. The molecule has 68 valence electrons. The first-order chi connectivity index (χ1) is 5.15. The topological polar surface area (TPSA) is 43.1 Å². The number of nitrogens with two attached hydrogens (primary N) is 1. The highest BCUT2D eigenvalue weighted by molar-refractivity contribution is 7.18. The van der Waals surface area contributed by atoms with E-state index in [0.29, 0.717) is 14.2 Å². The van der Waals surface area contributed by atoms with Gasteiger partial charge in [0.2, 0.25) is 0 Å². The first kappa shape index (κ1) is 12.2. The molecule has 1 aromatic heterocycles. The molecular formula is C6H6Cl3NOS. The Morgan fingerprint density at radius 1 is 1.58 bits per heavy atom. The number of hydrogen-bond donors (Lipinski definition) is 1. The zero-order chi connectivity index (χ0) is 8.43. The van der Waals surface area contributed by atoms with E-state index in [0.717, 1.165) is 11.3 Å². The van der Waals surface area contributed by atoms with Crippen molar-refractivity contribution in [3.63, 3.8) is 0 Å². The number of halogens is 3. The molecule has 0 fully saturated rings. The summed E-state index contributed by atoms with van der Waals surface area (Å²) in [6, 6.07) is 1.53. The molecule has 0 aliphatic rings. The maximum Gasteiger partial charge on any atom is 0.186 e. The number of rotatable bonds is 2. The molecule has 12 heavy (non-hydrogen) atoms. The predicted molar refractivity (Wildman–Crippen MR) is 55.0 cm³/mol. The fourth-order valence-electron chi connectivity index (χ4n) is 0.585. The van der Waals surface area contributed by atoms with Crippen molar-refractivity contribution in [2.24, 2.45) is 5.73 Å². The highest BCUT2D eigenvalue weighted by Gasteiger charge is 2.10. The van der Waals surface area contributed by atoms with E-state index in [9.17, 15) is 4.79 Å². The van der Waals surface area contributed by atoms with Crippen LogP contribution in [0, 0.1) is 0 Å². The van der Waals surface area contributed by atoms with Crippen LogP contribution < -0.4 is 5.73 Å². The van der Waals surface area contributed by atoms with Crippen molar-refractivity contribution < 1.29 is 4.79 Å². The van der Waals surface area contributed by atoms with Crippen LogP contribution in [-0.4, -0.2) is 12.3 Å². The maximum atomic E-state index is 10.9. The van der Waals surface area contributed by atoms with E-state index in [2.05, 4.69) is 0 Å². The fraction of sp³-hybridized carbons (Fsp3) is 0.167. The lowest BCUT2D eigenvalue weighted by Gasteiger charge is -1.87. The van der Waals surface area contributed by atoms with Gasteiger partial charge in [-0.1, -0.05) is 23.2 Å². The lowest BCUT2D eigenvalue weighted by Crippen LogP contribution is -2.11. The Hall–Kier alpha value is 0.200. The summed E-state index contributed by atoms with van der Waals surface area (Å²) in [7, 11) is 0. The number of hydrogen-bond acceptors (Lipinski definition) is 3. The van der Waals surface area contributed by atoms with Gasteiger partial charge in [-0.3, -0.25) is 4.79 Å². The van der Waals surface area contributed by atoms with E-state index < -0.39 is 0 Å². The quantitative estimate of drug-likeness (QED) is 0.815. The molecule has 0 radical (unpaired) electrons. The van der Waals surface area contributed by atoms with Crippen LogP contribution >= 0.6 is 46.9 Å². The molecule has 1 rings (SSSR count). The summed E-state index contributed by atoms with van der Waals surface area (Å²) in [6.45, 7) is -0.00677. The van der Waals surface area contributed by atoms with Crippen LogP contribution in [0.25, 0.3) is 0 Å². The lowest BCUT2D eigenvalue weighted by atomic mass is 10.3. The van der Waals surface area contributed by atoms with Gasteiger partial charge in [0, 0.05) is 0 Å². The Morgan fingerprint density at radius 2 is 2.17 bits per heavy atom. The molecule has 0 aliphatic heterocycles. The minimum atomic E-state index is -0.135. The second kappa shape index (κ2) is 5.04. The summed E-state index contributed by atoms with van der Waals surface area (Å²) in [5, 5.41) is 0.411. The van der Waals surface area contributed by atoms with Crippen LogP contribution in [0.3, 0.4) is 0 Å². The van der Waals surface area contributed by atoms with Gasteiger partial charge in [-0.15, -0.1) is 23.7 Å². The van der Waals surface area contributed by atoms with Crippen LogP contribution in [0.4, 0.5) is 0 Å². The van der Waals surface area contributed by atoms with Crippen molar-refractivity contribution in [3.8, 4) is 0 Å². The molecule has 0 spiro atoms. The highest BCUT2D eigenvalue weighted by Crippen LogP contribution is 2.31. The number of carbonyl (C=O) groups is 1. The number of thiophene rings is 1. The Morgan fingerprint density at radius 3 is 2.50 bits per heavy atom. The first-order valence-electron chi connectivity index (χ1n) is 2.83. The molecule has 0 aromatic carbocycles. The standard InChI is InChI=1S/C6H5Cl2NOS.ClH/c7-3-1-5(4(10)2-9)11-6(3)8;/h1H,2,9H2;1H. The van der Waals surface area contributed by atoms with Gasteiger partial charge in [-0.05, 0) is 6.07 Å². The molecule has 1 heterocycles. The highest BCUT2D eigenvalue weighted by atomic mass is 35.5. The summed E-state index contributed by atoms with van der Waals surface area (Å²) in [5.74, 6) is -0.135. The van der Waals surface area contributed by atoms with Gasteiger partial charge in [0.15, 0.2) is 5.78 Å². The normalized spacial score (nSPS) is 9.25. The van der Waals surface area contributed by atoms with Crippen LogP contribution in [0.1, 0.15) is 9.67 Å². The lowest BCUT2D eigenvalue weighted by molar-refractivity contribution is 0.100. The molecule has 0 unspecified atom stereocenters. The fourth-order valence-corrected chi connectivity index (χ4v) is 1.90. The molecule has 1 aromatic rings. The minimum absolute atomic E-state index is 0. The number of carbonyl (C=O) groups excluding carboxylic acids is 1. The van der Waals surface area contributed by atoms with Crippen LogP contribution in [0.15, 0.2) is 6.07 Å². The van der Waals surface area contributed by atoms with Gasteiger partial charge in [-0.2, -0.15) is 0 Å². The van der Waals surface area contributed by atoms with Crippen molar-refractivity contribution in [2.75, 3.05) is 6.54 Å². The SMILES string of the molecule is Cl.NCC(=O)c1cc(Cl)c(Cl)s1. The molecule has 0 atom stereocenters. The Balaban J connectivity index is 0.00000121. The van der Waals surface area contributed by atoms with Crippen LogP contribution in [-0.2, 0) is 0 Å². The zero-order valence-corrected chi connectivity index (χ0v) is 8.99. The molecule has 6 heteroatoms. The second-order valence-corrected chi connectivity index (χ2v) is 3.92. The zero-order valence-electron chi connectivity index (χ0n) is 5.84. The van der Waals surface area contributed by atoms with Crippen molar-refractivity contribution in [1.29, 1.82) is 0 Å². The van der Waals surface area contributed by atoms with Gasteiger partial charge in [-0.25, -0.2) is 0 Å². The summed E-state index contributed by atoms with van der Waals surface area (Å²) >= 11 is 12.4. The summed E-state index contributed by atoms with van der Waals surface area (Å²) < 4.78 is 0.434. The second-order valence-electron chi connectivity index (χ2n) is 1.86. The van der Waals surface area contributed by atoms with E-state index in [-0.39, 0.29) is 24.7 Å². The average Bonchev–Trinajstić information content (AvgIpc) is 2.31. The molecule has 0 saturated carbocycles. The molecule has 0 saturated heterocycles. The Bertz CT molecular complexity index is 267. The summed E-state index contributed by atoms with van der Waals surface area (Å²) in [5.41, 5.74) is 5.13. The van der Waals surface area contributed by atoms with Crippen molar-refractivity contribution in [2.45, 2.75) is 0 Å². The Labute approximate surface area is 90.1 Å². The number of ketones is 1. The third-order valence-corrected chi connectivity index (χ3v) is 3.01. The third kappa shape index (κ3) is 2.61. The van der Waals surface area contributed by atoms with E-state index >= 15 is 0 Å². The Kier molecular flexibility index (Phi) is 5.13. The summed E-state index contributed by atoms with van der Waals surface area (Å²) in [4.78, 5) is 11.5. The average molecular weight is 247 g/mol. The van der Waals surface area contributed by atoms with E-state index in [1.54, 1.807) is 0 Å². The smallest absolute Gasteiger partial charge is 0.186 e. The summed E-state index contributed by atoms with van der Waals surface area (Å²) in [6.07, 6.45) is 0. The van der Waals surface area contributed by atoms with Crippen LogP contribution in [0.5, 0.6) is 0 Å². The minimum Gasteiger partial charge on any atom is -0.324 e. The van der Waals surface area contributed by atoms with Gasteiger partial charge in [0.1, 0.15) is 4.34 Å². The van der Waals surface area contributed by atoms with Gasteiger partial charge in [0.05, 0.1) is 16.4 Å². The van der Waals surface area contributed by atoms with Crippen molar-refractivity contribution in [1.82, 2.24) is 0 Å². The van der Waals surface area contributed by atoms with E-state index in [1.165, 1.54) is 6.07 Å². The van der Waals surface area contributed by atoms with Gasteiger partial charge in [0.25, 0.3) is 0 Å². The molecule has 0 bridgehead atoms. The monoisotopic (exact) mass is 245 g/mol. The first-order valence-corrected chi connectivity index (χ1v) is 4.40.